The first-order chi connectivity index (χ1) is 13.3. The van der Waals surface area contributed by atoms with E-state index in [1.54, 1.807) is 17.6 Å². The lowest BCUT2D eigenvalue weighted by Gasteiger charge is -2.17. The van der Waals surface area contributed by atoms with Gasteiger partial charge in [0, 0.05) is 19.0 Å². The van der Waals surface area contributed by atoms with Gasteiger partial charge in [-0.25, -0.2) is 9.98 Å². The minimum Gasteiger partial charge on any atom is -0.443 e. The maximum absolute atomic E-state index is 9.70. The van der Waals surface area contributed by atoms with Gasteiger partial charge in [-0.1, -0.05) is 36.4 Å². The van der Waals surface area contributed by atoms with Crippen molar-refractivity contribution >= 4 is 41.3 Å². The van der Waals surface area contributed by atoms with E-state index in [4.69, 9.17) is 4.42 Å². The molecule has 0 spiro atoms. The predicted molar refractivity (Wildman–Crippen MR) is 124 cm³/mol. The molecule has 0 bridgehead atoms. The zero-order valence-electron chi connectivity index (χ0n) is 15.7. The van der Waals surface area contributed by atoms with E-state index < -0.39 is 0 Å². The highest BCUT2D eigenvalue weighted by Gasteiger charge is 2.11. The van der Waals surface area contributed by atoms with Crippen LogP contribution in [0.4, 0.5) is 0 Å². The summed E-state index contributed by atoms with van der Waals surface area (Å²) in [6.07, 6.45) is 1.64. The number of thiophene rings is 1. The molecule has 6 nitrogen and oxygen atoms in total. The fourth-order valence-corrected chi connectivity index (χ4v) is 3.28. The molecule has 1 unspecified atom stereocenters. The largest absolute Gasteiger partial charge is 0.443 e. The van der Waals surface area contributed by atoms with Crippen molar-refractivity contribution in [3.63, 3.8) is 0 Å². The van der Waals surface area contributed by atoms with Gasteiger partial charge in [0.25, 0.3) is 0 Å². The molecular weight excluding hydrogens is 487 g/mol. The predicted octanol–water partition coefficient (Wildman–Crippen LogP) is 3.85. The lowest BCUT2D eigenvalue weighted by Crippen LogP contribution is -2.39. The monoisotopic (exact) mass is 512 g/mol. The number of nitrogens with one attached hydrogen (secondary N) is 2. The summed E-state index contributed by atoms with van der Waals surface area (Å²) < 4.78 is 5.53. The van der Waals surface area contributed by atoms with Crippen LogP contribution >= 0.6 is 35.3 Å². The summed E-state index contributed by atoms with van der Waals surface area (Å²) in [5.41, 5.74) is 1.87. The SMILES string of the molecule is CCNC(=NCc1coc(-c2cccs2)n1)NCC(CO)c1ccccc1.I. The first-order valence-electron chi connectivity index (χ1n) is 8.96. The number of guanidine groups is 1. The third-order valence-electron chi connectivity index (χ3n) is 4.03. The zero-order chi connectivity index (χ0) is 18.9. The molecule has 2 aromatic heterocycles. The van der Waals surface area contributed by atoms with Crippen LogP contribution in [0.15, 0.2) is 63.5 Å². The molecule has 3 N–H and O–H groups in total. The van der Waals surface area contributed by atoms with Crippen LogP contribution in [0.25, 0.3) is 10.8 Å². The third kappa shape index (κ3) is 6.32. The number of hydrogen-bond acceptors (Lipinski definition) is 5. The molecule has 0 amide bonds. The van der Waals surface area contributed by atoms with Crippen LogP contribution < -0.4 is 10.6 Å². The van der Waals surface area contributed by atoms with Gasteiger partial charge in [-0.05, 0) is 23.9 Å². The van der Waals surface area contributed by atoms with Crippen LogP contribution in [-0.4, -0.2) is 35.7 Å². The topological polar surface area (TPSA) is 82.7 Å². The van der Waals surface area contributed by atoms with E-state index in [1.807, 2.05) is 54.8 Å². The summed E-state index contributed by atoms with van der Waals surface area (Å²) in [7, 11) is 0. The Balaban J connectivity index is 0.00000280. The normalized spacial score (nSPS) is 12.3. The summed E-state index contributed by atoms with van der Waals surface area (Å²) in [5, 5.41) is 18.2. The van der Waals surface area contributed by atoms with Gasteiger partial charge in [0.1, 0.15) is 12.0 Å². The van der Waals surface area contributed by atoms with E-state index in [0.29, 0.717) is 24.9 Å². The molecule has 0 saturated heterocycles. The van der Waals surface area contributed by atoms with Crippen LogP contribution in [0.5, 0.6) is 0 Å². The van der Waals surface area contributed by atoms with E-state index >= 15 is 0 Å². The molecule has 28 heavy (non-hydrogen) atoms. The Morgan fingerprint density at radius 3 is 2.71 bits per heavy atom. The van der Waals surface area contributed by atoms with E-state index in [-0.39, 0.29) is 36.5 Å². The minimum atomic E-state index is 0. The smallest absolute Gasteiger partial charge is 0.236 e. The molecule has 0 aliphatic carbocycles. The van der Waals surface area contributed by atoms with E-state index in [9.17, 15) is 5.11 Å². The van der Waals surface area contributed by atoms with Gasteiger partial charge in [-0.15, -0.1) is 35.3 Å². The van der Waals surface area contributed by atoms with Gasteiger partial charge in [0.05, 0.1) is 18.0 Å². The van der Waals surface area contributed by atoms with Crippen molar-refractivity contribution in [2.75, 3.05) is 19.7 Å². The number of nitrogens with zero attached hydrogens (tertiary/aromatic N) is 2. The van der Waals surface area contributed by atoms with Crippen molar-refractivity contribution < 1.29 is 9.52 Å². The summed E-state index contributed by atoms with van der Waals surface area (Å²) in [4.78, 5) is 10.1. The second-order valence-corrected chi connectivity index (χ2v) is 6.94. The summed E-state index contributed by atoms with van der Waals surface area (Å²) >= 11 is 1.59. The first-order valence-corrected chi connectivity index (χ1v) is 9.84. The Hall–Kier alpha value is -1.91. The molecule has 2 heterocycles. The van der Waals surface area contributed by atoms with Gasteiger partial charge in [-0.3, -0.25) is 0 Å². The van der Waals surface area contributed by atoms with Crippen molar-refractivity contribution in [3.05, 3.63) is 65.4 Å². The number of oxazole rings is 1. The average Bonchev–Trinajstić information content (AvgIpc) is 3.39. The third-order valence-corrected chi connectivity index (χ3v) is 4.89. The lowest BCUT2D eigenvalue weighted by molar-refractivity contribution is 0.265. The Morgan fingerprint density at radius 2 is 2.04 bits per heavy atom. The lowest BCUT2D eigenvalue weighted by atomic mass is 10.0. The van der Waals surface area contributed by atoms with Crippen molar-refractivity contribution in [2.45, 2.75) is 19.4 Å². The highest BCUT2D eigenvalue weighted by Crippen LogP contribution is 2.23. The minimum absolute atomic E-state index is 0. The maximum atomic E-state index is 9.70. The molecule has 1 atom stereocenters. The van der Waals surface area contributed by atoms with Gasteiger partial charge in [0.2, 0.25) is 5.89 Å². The van der Waals surface area contributed by atoms with Gasteiger partial charge < -0.3 is 20.2 Å². The molecule has 0 radical (unpaired) electrons. The van der Waals surface area contributed by atoms with Gasteiger partial charge in [-0.2, -0.15) is 0 Å². The van der Waals surface area contributed by atoms with Crippen molar-refractivity contribution in [1.82, 2.24) is 15.6 Å². The van der Waals surface area contributed by atoms with Gasteiger partial charge in [0.15, 0.2) is 5.96 Å². The second-order valence-electron chi connectivity index (χ2n) is 5.99. The van der Waals surface area contributed by atoms with Crippen LogP contribution in [0, 0.1) is 0 Å². The number of aliphatic hydroxyl groups is 1. The molecule has 150 valence electrons. The Labute approximate surface area is 186 Å². The molecule has 0 aliphatic heterocycles. The second kappa shape index (κ2) is 11.8. The summed E-state index contributed by atoms with van der Waals surface area (Å²) in [5.74, 6) is 1.32. The van der Waals surface area contributed by atoms with E-state index in [0.717, 1.165) is 22.7 Å². The van der Waals surface area contributed by atoms with Crippen LogP contribution in [0.1, 0.15) is 24.1 Å². The maximum Gasteiger partial charge on any atom is 0.236 e. The van der Waals surface area contributed by atoms with E-state index in [1.165, 1.54) is 0 Å². The zero-order valence-corrected chi connectivity index (χ0v) is 18.8. The molecule has 0 saturated carbocycles. The standard InChI is InChI=1S/C20H24N4O2S.HI/c1-2-21-20(22-11-16(13-25)15-7-4-3-5-8-15)23-12-17-14-26-19(24-17)18-9-6-10-27-18;/h3-10,14,16,25H,2,11-13H2,1H3,(H2,21,22,23);1H. The number of rotatable bonds is 8. The fourth-order valence-electron chi connectivity index (χ4n) is 2.63. The first kappa shape index (κ1) is 22.4. The number of benzene rings is 1. The highest BCUT2D eigenvalue weighted by atomic mass is 127. The fraction of sp³-hybridized carbons (Fsp3) is 0.300. The van der Waals surface area contributed by atoms with Crippen LogP contribution in [0.2, 0.25) is 0 Å². The number of halogens is 1. The molecular formula is C20H25IN4O2S. The molecule has 3 aromatic rings. The highest BCUT2D eigenvalue weighted by molar-refractivity contribution is 14.0. The Morgan fingerprint density at radius 1 is 1.21 bits per heavy atom. The number of hydrogen-bond donors (Lipinski definition) is 3. The van der Waals surface area contributed by atoms with Crippen LogP contribution in [-0.2, 0) is 6.54 Å². The van der Waals surface area contributed by atoms with Crippen molar-refractivity contribution in [2.24, 2.45) is 4.99 Å². The number of aliphatic imine (C=N–C) groups is 1. The quantitative estimate of drug-likeness (QED) is 0.243. The summed E-state index contributed by atoms with van der Waals surface area (Å²) in [6, 6.07) is 13.9. The summed E-state index contributed by atoms with van der Waals surface area (Å²) in [6.45, 7) is 3.85. The van der Waals surface area contributed by atoms with E-state index in [2.05, 4.69) is 20.6 Å². The average molecular weight is 512 g/mol. The molecule has 8 heteroatoms. The molecule has 3 rings (SSSR count). The molecule has 0 aliphatic rings. The molecule has 0 fully saturated rings. The molecule has 1 aromatic carbocycles. The van der Waals surface area contributed by atoms with Crippen molar-refractivity contribution in [1.29, 1.82) is 0 Å². The van der Waals surface area contributed by atoms with Crippen molar-refractivity contribution in [3.8, 4) is 10.8 Å². The Bertz CT molecular complexity index is 837. The van der Waals surface area contributed by atoms with Gasteiger partial charge >= 0.3 is 0 Å². The Kier molecular flexibility index (Phi) is 9.45. The number of aliphatic hydroxyl groups excluding tert-OH is 1. The van der Waals surface area contributed by atoms with Crippen LogP contribution in [0.3, 0.4) is 0 Å². The number of aromatic nitrogens is 1.